The molecule has 0 aromatic carbocycles. The molecule has 212 valence electrons. The van der Waals surface area contributed by atoms with Crippen molar-refractivity contribution in [2.45, 2.75) is 92.1 Å². The maximum Gasteiger partial charge on any atom is 0.320 e. The molecule has 0 aromatic rings. The van der Waals surface area contributed by atoms with Gasteiger partial charge in [-0.15, -0.1) is 0 Å². The first-order valence-electron chi connectivity index (χ1n) is 13.4. The summed E-state index contributed by atoms with van der Waals surface area (Å²) in [5, 5.41) is 3.45. The highest BCUT2D eigenvalue weighted by atomic mass is 16.6. The Bertz CT molecular complexity index is 623. The molecule has 1 heterocycles. The summed E-state index contributed by atoms with van der Waals surface area (Å²) < 4.78 is 17.3. The SMILES string of the molecule is CC(CN1CCN(CC(=O)OC(C)(C)C)CCNCCN(CC(=O)OC(C)(C)C)CC1)OC(C)(C)C. The predicted octanol–water partition coefficient (Wildman–Crippen LogP) is 2.38. The lowest BCUT2D eigenvalue weighted by Crippen LogP contribution is -2.49. The van der Waals surface area contributed by atoms with E-state index in [0.29, 0.717) is 0 Å². The molecule has 1 rings (SSSR count). The molecule has 0 amide bonds. The summed E-state index contributed by atoms with van der Waals surface area (Å²) in [6.07, 6.45) is 0.0539. The second-order valence-corrected chi connectivity index (χ2v) is 12.8. The van der Waals surface area contributed by atoms with Crippen LogP contribution < -0.4 is 5.32 Å². The lowest BCUT2D eigenvalue weighted by molar-refractivity contribution is -0.157. The van der Waals surface area contributed by atoms with Gasteiger partial charge < -0.3 is 19.5 Å². The third kappa shape index (κ3) is 17.2. The summed E-state index contributed by atoms with van der Waals surface area (Å²) in [7, 11) is 0. The molecule has 9 heteroatoms. The minimum atomic E-state index is -0.495. The Morgan fingerprint density at radius 2 is 1.06 bits per heavy atom. The molecule has 0 saturated carbocycles. The first kappa shape index (κ1) is 32.8. The quantitative estimate of drug-likeness (QED) is 0.515. The Kier molecular flexibility index (Phi) is 13.3. The molecule has 0 aliphatic carbocycles. The van der Waals surface area contributed by atoms with E-state index in [-0.39, 0.29) is 36.7 Å². The van der Waals surface area contributed by atoms with Crippen LogP contribution in [0.25, 0.3) is 0 Å². The molecule has 1 aliphatic heterocycles. The van der Waals surface area contributed by atoms with Gasteiger partial charge in [-0.25, -0.2) is 0 Å². The van der Waals surface area contributed by atoms with Crippen LogP contribution in [0.1, 0.15) is 69.2 Å². The summed E-state index contributed by atoms with van der Waals surface area (Å²) in [5.74, 6) is -0.400. The largest absolute Gasteiger partial charge is 0.459 e. The Hall–Kier alpha value is -1.26. The first-order valence-corrected chi connectivity index (χ1v) is 13.4. The van der Waals surface area contributed by atoms with E-state index in [1.54, 1.807) is 0 Å². The Morgan fingerprint density at radius 3 is 1.42 bits per heavy atom. The van der Waals surface area contributed by atoms with Crippen LogP contribution in [-0.4, -0.2) is 122 Å². The second kappa shape index (κ2) is 14.6. The van der Waals surface area contributed by atoms with Crippen LogP contribution in [0.3, 0.4) is 0 Å². The summed E-state index contributed by atoms with van der Waals surface area (Å²) in [6.45, 7) is 27.0. The lowest BCUT2D eigenvalue weighted by Gasteiger charge is -2.34. The maximum absolute atomic E-state index is 12.5. The average molecular weight is 515 g/mol. The van der Waals surface area contributed by atoms with Gasteiger partial charge in [-0.05, 0) is 69.2 Å². The van der Waals surface area contributed by atoms with E-state index in [1.165, 1.54) is 0 Å². The van der Waals surface area contributed by atoms with Gasteiger partial charge >= 0.3 is 11.9 Å². The Labute approximate surface area is 220 Å². The molecule has 1 fully saturated rings. The third-order valence-electron chi connectivity index (χ3n) is 5.29. The van der Waals surface area contributed by atoms with E-state index in [1.807, 2.05) is 41.5 Å². The van der Waals surface area contributed by atoms with Crippen LogP contribution in [0.5, 0.6) is 0 Å². The molecule has 9 nitrogen and oxygen atoms in total. The van der Waals surface area contributed by atoms with Crippen molar-refractivity contribution >= 4 is 11.9 Å². The number of nitrogens with one attached hydrogen (secondary N) is 1. The van der Waals surface area contributed by atoms with E-state index < -0.39 is 11.2 Å². The fourth-order valence-electron chi connectivity index (χ4n) is 4.12. The molecule has 1 aliphatic rings. The summed E-state index contributed by atoms with van der Waals surface area (Å²) >= 11 is 0. The Balaban J connectivity index is 2.88. The highest BCUT2D eigenvalue weighted by molar-refractivity contribution is 5.72. The van der Waals surface area contributed by atoms with Gasteiger partial charge in [0.05, 0.1) is 24.8 Å². The molecule has 1 N–H and O–H groups in total. The minimum absolute atomic E-state index is 0.0539. The molecule has 0 aromatic heterocycles. The molecule has 0 radical (unpaired) electrons. The summed E-state index contributed by atoms with van der Waals surface area (Å²) in [6, 6.07) is 0. The van der Waals surface area contributed by atoms with Crippen LogP contribution in [-0.2, 0) is 23.8 Å². The van der Waals surface area contributed by atoms with Crippen LogP contribution >= 0.6 is 0 Å². The number of ether oxygens (including phenoxy) is 3. The van der Waals surface area contributed by atoms with Crippen molar-refractivity contribution in [3.63, 3.8) is 0 Å². The molecular weight excluding hydrogens is 460 g/mol. The van der Waals surface area contributed by atoms with E-state index in [2.05, 4.69) is 47.7 Å². The predicted molar refractivity (Wildman–Crippen MR) is 144 cm³/mol. The molecule has 1 unspecified atom stereocenters. The lowest BCUT2D eigenvalue weighted by atomic mass is 10.2. The number of hydrogen-bond donors (Lipinski definition) is 1. The van der Waals surface area contributed by atoms with Crippen molar-refractivity contribution < 1.29 is 23.8 Å². The minimum Gasteiger partial charge on any atom is -0.459 e. The molecule has 1 atom stereocenters. The van der Waals surface area contributed by atoms with Gasteiger partial charge in [-0.1, -0.05) is 0 Å². The number of carbonyl (C=O) groups excluding carboxylic acids is 2. The molecule has 0 bridgehead atoms. The van der Waals surface area contributed by atoms with Crippen molar-refractivity contribution in [2.75, 3.05) is 72.0 Å². The van der Waals surface area contributed by atoms with Crippen molar-refractivity contribution in [3.05, 3.63) is 0 Å². The number of rotatable bonds is 7. The van der Waals surface area contributed by atoms with E-state index in [4.69, 9.17) is 14.2 Å². The molecule has 36 heavy (non-hydrogen) atoms. The molecule has 1 saturated heterocycles. The zero-order chi connectivity index (χ0) is 27.6. The van der Waals surface area contributed by atoms with Gasteiger partial charge in [-0.3, -0.25) is 24.3 Å². The van der Waals surface area contributed by atoms with Gasteiger partial charge in [0.25, 0.3) is 0 Å². The number of nitrogens with zero attached hydrogens (tertiary/aromatic N) is 3. The smallest absolute Gasteiger partial charge is 0.320 e. The van der Waals surface area contributed by atoms with Crippen LogP contribution in [0.15, 0.2) is 0 Å². The highest BCUT2D eigenvalue weighted by Crippen LogP contribution is 2.13. The normalized spacial score (nSPS) is 19.7. The van der Waals surface area contributed by atoms with Crippen molar-refractivity contribution in [2.24, 2.45) is 0 Å². The van der Waals surface area contributed by atoms with Crippen molar-refractivity contribution in [1.29, 1.82) is 0 Å². The van der Waals surface area contributed by atoms with Gasteiger partial charge in [0, 0.05) is 58.9 Å². The molecular formula is C27H54N4O5. The fraction of sp³-hybridized carbons (Fsp3) is 0.926. The monoisotopic (exact) mass is 514 g/mol. The van der Waals surface area contributed by atoms with Gasteiger partial charge in [0.15, 0.2) is 0 Å². The third-order valence-corrected chi connectivity index (χ3v) is 5.29. The molecule has 0 spiro atoms. The first-order chi connectivity index (χ1) is 16.4. The van der Waals surface area contributed by atoms with Crippen molar-refractivity contribution in [3.8, 4) is 0 Å². The topological polar surface area (TPSA) is 83.6 Å². The van der Waals surface area contributed by atoms with Gasteiger partial charge in [0.2, 0.25) is 0 Å². The standard InChI is InChI=1S/C27H54N4O5/c1-22(34-25(2,3)4)19-31-17-15-29(20-23(32)35-26(5,6)7)13-11-28-12-14-30(16-18-31)21-24(33)36-27(8,9)10/h22,28H,11-21H2,1-10H3. The number of hydrogen-bond acceptors (Lipinski definition) is 9. The second-order valence-electron chi connectivity index (χ2n) is 12.8. The number of carbonyl (C=O) groups is 2. The average Bonchev–Trinajstić information content (AvgIpc) is 2.63. The summed E-state index contributed by atoms with van der Waals surface area (Å²) in [5.41, 5.74) is -1.21. The number of esters is 2. The zero-order valence-corrected chi connectivity index (χ0v) is 24.7. The van der Waals surface area contributed by atoms with Crippen LogP contribution in [0.4, 0.5) is 0 Å². The summed E-state index contributed by atoms with van der Waals surface area (Å²) in [4.78, 5) is 31.7. The van der Waals surface area contributed by atoms with E-state index in [9.17, 15) is 9.59 Å². The Morgan fingerprint density at radius 1 is 0.667 bits per heavy atom. The van der Waals surface area contributed by atoms with E-state index >= 15 is 0 Å². The fourth-order valence-corrected chi connectivity index (χ4v) is 4.12. The van der Waals surface area contributed by atoms with Gasteiger partial charge in [0.1, 0.15) is 11.2 Å². The van der Waals surface area contributed by atoms with E-state index in [0.717, 1.165) is 58.9 Å². The van der Waals surface area contributed by atoms with Crippen LogP contribution in [0, 0.1) is 0 Å². The maximum atomic E-state index is 12.5. The van der Waals surface area contributed by atoms with Crippen molar-refractivity contribution in [1.82, 2.24) is 20.0 Å². The zero-order valence-electron chi connectivity index (χ0n) is 24.7. The van der Waals surface area contributed by atoms with Gasteiger partial charge in [-0.2, -0.15) is 0 Å². The van der Waals surface area contributed by atoms with Crippen LogP contribution in [0.2, 0.25) is 0 Å². The highest BCUT2D eigenvalue weighted by Gasteiger charge is 2.24.